The SMILES string of the molecule is Cc1cc(Br)ccc1C(C)(C)NC=O. The second-order valence-corrected chi connectivity index (χ2v) is 4.76. The summed E-state index contributed by atoms with van der Waals surface area (Å²) in [5, 5.41) is 2.80. The first-order valence-corrected chi connectivity index (χ1v) is 5.24. The van der Waals surface area contributed by atoms with Crippen molar-refractivity contribution in [2.45, 2.75) is 26.3 Å². The lowest BCUT2D eigenvalue weighted by Crippen LogP contribution is -2.35. The van der Waals surface area contributed by atoms with Crippen LogP contribution in [0, 0.1) is 6.92 Å². The highest BCUT2D eigenvalue weighted by atomic mass is 79.9. The number of nitrogens with one attached hydrogen (secondary N) is 1. The summed E-state index contributed by atoms with van der Waals surface area (Å²) in [5.74, 6) is 0. The Morgan fingerprint density at radius 3 is 2.57 bits per heavy atom. The van der Waals surface area contributed by atoms with Gasteiger partial charge < -0.3 is 5.32 Å². The Kier molecular flexibility index (Phi) is 3.32. The fourth-order valence-electron chi connectivity index (χ4n) is 1.55. The average Bonchev–Trinajstić information content (AvgIpc) is 2.02. The Morgan fingerprint density at radius 1 is 1.43 bits per heavy atom. The number of hydrogen-bond donors (Lipinski definition) is 1. The lowest BCUT2D eigenvalue weighted by molar-refractivity contribution is -0.111. The number of halogens is 1. The minimum absolute atomic E-state index is 0.313. The van der Waals surface area contributed by atoms with Crippen LogP contribution in [0.15, 0.2) is 22.7 Å². The van der Waals surface area contributed by atoms with E-state index >= 15 is 0 Å². The molecular formula is C11H14BrNO. The highest BCUT2D eigenvalue weighted by molar-refractivity contribution is 9.10. The first kappa shape index (κ1) is 11.2. The number of hydrogen-bond acceptors (Lipinski definition) is 1. The molecule has 0 atom stereocenters. The van der Waals surface area contributed by atoms with Crippen molar-refractivity contribution >= 4 is 22.3 Å². The lowest BCUT2D eigenvalue weighted by Gasteiger charge is -2.26. The molecule has 76 valence electrons. The molecule has 0 fully saturated rings. The molecule has 1 rings (SSSR count). The van der Waals surface area contributed by atoms with Gasteiger partial charge in [0.05, 0.1) is 5.54 Å². The molecule has 1 aromatic carbocycles. The second kappa shape index (κ2) is 4.13. The average molecular weight is 256 g/mol. The number of rotatable bonds is 3. The molecule has 3 heteroatoms. The summed E-state index contributed by atoms with van der Waals surface area (Å²) >= 11 is 3.41. The van der Waals surface area contributed by atoms with Crippen LogP contribution in [-0.2, 0) is 10.3 Å². The molecular weight excluding hydrogens is 242 g/mol. The largest absolute Gasteiger partial charge is 0.350 e. The maximum Gasteiger partial charge on any atom is 0.207 e. The minimum Gasteiger partial charge on any atom is -0.350 e. The molecule has 0 bridgehead atoms. The van der Waals surface area contributed by atoms with Crippen LogP contribution in [0.4, 0.5) is 0 Å². The molecule has 0 aromatic heterocycles. The number of aryl methyl sites for hydroxylation is 1. The van der Waals surface area contributed by atoms with Crippen molar-refractivity contribution in [1.82, 2.24) is 5.32 Å². The first-order chi connectivity index (χ1) is 6.47. The summed E-state index contributed by atoms with van der Waals surface area (Å²) in [4.78, 5) is 10.5. The number of carbonyl (C=O) groups is 1. The van der Waals surface area contributed by atoms with Gasteiger partial charge in [-0.2, -0.15) is 0 Å². The van der Waals surface area contributed by atoms with Crippen LogP contribution in [0.25, 0.3) is 0 Å². The molecule has 0 aliphatic carbocycles. The number of carbonyl (C=O) groups excluding carboxylic acids is 1. The van der Waals surface area contributed by atoms with Gasteiger partial charge in [-0.1, -0.05) is 22.0 Å². The molecule has 1 aromatic rings. The van der Waals surface area contributed by atoms with Gasteiger partial charge in [-0.15, -0.1) is 0 Å². The van der Waals surface area contributed by atoms with Crippen molar-refractivity contribution in [2.75, 3.05) is 0 Å². The van der Waals surface area contributed by atoms with Gasteiger partial charge in [-0.25, -0.2) is 0 Å². The topological polar surface area (TPSA) is 29.1 Å². The Balaban J connectivity index is 3.12. The Labute approximate surface area is 92.8 Å². The van der Waals surface area contributed by atoms with E-state index in [1.165, 1.54) is 5.56 Å². The summed E-state index contributed by atoms with van der Waals surface area (Å²) in [6.45, 7) is 6.00. The first-order valence-electron chi connectivity index (χ1n) is 4.45. The predicted octanol–water partition coefficient (Wildman–Crippen LogP) is 2.74. The molecule has 2 nitrogen and oxygen atoms in total. The molecule has 0 unspecified atom stereocenters. The molecule has 0 spiro atoms. The third-order valence-electron chi connectivity index (χ3n) is 2.28. The quantitative estimate of drug-likeness (QED) is 0.828. The zero-order chi connectivity index (χ0) is 10.8. The monoisotopic (exact) mass is 255 g/mol. The van der Waals surface area contributed by atoms with E-state index in [-0.39, 0.29) is 5.54 Å². The van der Waals surface area contributed by atoms with E-state index in [2.05, 4.69) is 21.2 Å². The van der Waals surface area contributed by atoms with Gasteiger partial charge in [0, 0.05) is 4.47 Å². The van der Waals surface area contributed by atoms with Gasteiger partial charge >= 0.3 is 0 Å². The van der Waals surface area contributed by atoms with Crippen molar-refractivity contribution < 1.29 is 4.79 Å². The summed E-state index contributed by atoms with van der Waals surface area (Å²) in [5.41, 5.74) is 1.98. The van der Waals surface area contributed by atoms with Crippen LogP contribution in [-0.4, -0.2) is 6.41 Å². The Morgan fingerprint density at radius 2 is 2.07 bits per heavy atom. The zero-order valence-corrected chi connectivity index (χ0v) is 10.2. The fraction of sp³-hybridized carbons (Fsp3) is 0.364. The van der Waals surface area contributed by atoms with Gasteiger partial charge in [0.2, 0.25) is 6.41 Å². The van der Waals surface area contributed by atoms with Gasteiger partial charge in [-0.05, 0) is 44.0 Å². The van der Waals surface area contributed by atoms with Gasteiger partial charge in [0.15, 0.2) is 0 Å². The highest BCUT2D eigenvalue weighted by Gasteiger charge is 2.20. The zero-order valence-electron chi connectivity index (χ0n) is 8.60. The predicted molar refractivity (Wildman–Crippen MR) is 61.1 cm³/mol. The maximum atomic E-state index is 10.5. The van der Waals surface area contributed by atoms with Crippen LogP contribution in [0.2, 0.25) is 0 Å². The lowest BCUT2D eigenvalue weighted by atomic mass is 9.91. The van der Waals surface area contributed by atoms with Crippen LogP contribution < -0.4 is 5.32 Å². The van der Waals surface area contributed by atoms with E-state index in [1.807, 2.05) is 39.0 Å². The fourth-order valence-corrected chi connectivity index (χ4v) is 2.03. The van der Waals surface area contributed by atoms with Gasteiger partial charge in [0.25, 0.3) is 0 Å². The van der Waals surface area contributed by atoms with Crippen molar-refractivity contribution in [3.05, 3.63) is 33.8 Å². The summed E-state index contributed by atoms with van der Waals surface area (Å²) in [6, 6.07) is 6.05. The van der Waals surface area contributed by atoms with Crippen LogP contribution in [0.3, 0.4) is 0 Å². The molecule has 0 aliphatic rings. The summed E-state index contributed by atoms with van der Waals surface area (Å²) in [7, 11) is 0. The molecule has 1 amide bonds. The standard InChI is InChI=1S/C11H14BrNO/c1-8-6-9(12)4-5-10(8)11(2,3)13-7-14/h4-7H,1-3H3,(H,13,14). The van der Waals surface area contributed by atoms with E-state index < -0.39 is 0 Å². The molecule has 1 N–H and O–H groups in total. The smallest absolute Gasteiger partial charge is 0.207 e. The summed E-state index contributed by atoms with van der Waals surface area (Å²) < 4.78 is 1.06. The van der Waals surface area contributed by atoms with Gasteiger partial charge in [-0.3, -0.25) is 4.79 Å². The maximum absolute atomic E-state index is 10.5. The molecule has 14 heavy (non-hydrogen) atoms. The molecule has 0 saturated carbocycles. The molecule has 0 aliphatic heterocycles. The summed E-state index contributed by atoms with van der Waals surface area (Å²) in [6.07, 6.45) is 0.738. The van der Waals surface area contributed by atoms with Crippen molar-refractivity contribution in [1.29, 1.82) is 0 Å². The van der Waals surface area contributed by atoms with E-state index in [0.29, 0.717) is 0 Å². The second-order valence-electron chi connectivity index (χ2n) is 3.85. The Hall–Kier alpha value is -0.830. The van der Waals surface area contributed by atoms with E-state index in [9.17, 15) is 4.79 Å². The van der Waals surface area contributed by atoms with Crippen LogP contribution >= 0.6 is 15.9 Å². The van der Waals surface area contributed by atoms with E-state index in [0.717, 1.165) is 16.4 Å². The van der Waals surface area contributed by atoms with Crippen molar-refractivity contribution in [3.8, 4) is 0 Å². The van der Waals surface area contributed by atoms with Crippen LogP contribution in [0.5, 0.6) is 0 Å². The third kappa shape index (κ3) is 2.35. The molecule has 0 radical (unpaired) electrons. The minimum atomic E-state index is -0.313. The highest BCUT2D eigenvalue weighted by Crippen LogP contribution is 2.25. The van der Waals surface area contributed by atoms with Crippen LogP contribution in [0.1, 0.15) is 25.0 Å². The van der Waals surface area contributed by atoms with E-state index in [1.54, 1.807) is 0 Å². The van der Waals surface area contributed by atoms with Crippen molar-refractivity contribution in [3.63, 3.8) is 0 Å². The Bertz CT molecular complexity index is 347. The normalized spacial score (nSPS) is 11.1. The molecule has 0 saturated heterocycles. The molecule has 0 heterocycles. The van der Waals surface area contributed by atoms with Crippen molar-refractivity contribution in [2.24, 2.45) is 0 Å². The number of benzene rings is 1. The van der Waals surface area contributed by atoms with Gasteiger partial charge in [0.1, 0.15) is 0 Å². The third-order valence-corrected chi connectivity index (χ3v) is 2.77. The van der Waals surface area contributed by atoms with E-state index in [4.69, 9.17) is 0 Å². The number of amides is 1.